The first-order valence-electron chi connectivity index (χ1n) is 3.58. The van der Waals surface area contributed by atoms with E-state index in [1.807, 2.05) is 0 Å². The topological polar surface area (TPSA) is 46.5 Å². The quantitative estimate of drug-likeness (QED) is 0.584. The summed E-state index contributed by atoms with van der Waals surface area (Å²) >= 11 is 0. The van der Waals surface area contributed by atoms with Gasteiger partial charge in [-0.05, 0) is 19.3 Å². The average Bonchev–Trinajstić information content (AvgIpc) is 2.45. The van der Waals surface area contributed by atoms with Crippen LogP contribution in [0.4, 0.5) is 0 Å². The van der Waals surface area contributed by atoms with E-state index in [1.165, 1.54) is 0 Å². The number of carboxylic acids is 1. The smallest absolute Gasteiger partial charge is 0.312 e. The fourth-order valence-corrected chi connectivity index (χ4v) is 1.88. The second kappa shape index (κ2) is 1.72. The molecule has 0 radical (unpaired) electrons. The molecule has 0 aromatic rings. The number of rotatable bonds is 1. The van der Waals surface area contributed by atoms with Gasteiger partial charge in [-0.1, -0.05) is 0 Å². The molecular formula is C7H10O3. The summed E-state index contributed by atoms with van der Waals surface area (Å²) in [6.45, 7) is 0.438. The number of ether oxygens (including phenoxy) is 1. The van der Waals surface area contributed by atoms with E-state index in [1.54, 1.807) is 0 Å². The summed E-state index contributed by atoms with van der Waals surface area (Å²) < 4.78 is 5.24. The van der Waals surface area contributed by atoms with Gasteiger partial charge in [0.15, 0.2) is 0 Å². The molecular weight excluding hydrogens is 132 g/mol. The van der Waals surface area contributed by atoms with Crippen molar-refractivity contribution in [2.45, 2.75) is 25.4 Å². The molecule has 2 bridgehead atoms. The lowest BCUT2D eigenvalue weighted by Gasteiger charge is -2.19. The third-order valence-electron chi connectivity index (χ3n) is 2.61. The summed E-state index contributed by atoms with van der Waals surface area (Å²) in [6.07, 6.45) is 2.73. The Balaban J connectivity index is 2.23. The summed E-state index contributed by atoms with van der Waals surface area (Å²) in [5.41, 5.74) is -0.495. The van der Waals surface area contributed by atoms with Gasteiger partial charge >= 0.3 is 5.97 Å². The lowest BCUT2D eigenvalue weighted by molar-refractivity contribution is -0.149. The SMILES string of the molecule is O=C(O)C12CCC(C1)OC2. The van der Waals surface area contributed by atoms with Crippen molar-refractivity contribution in [2.24, 2.45) is 5.41 Å². The molecule has 0 aromatic heterocycles. The fourth-order valence-electron chi connectivity index (χ4n) is 1.88. The summed E-state index contributed by atoms with van der Waals surface area (Å²) in [7, 11) is 0. The van der Waals surface area contributed by atoms with Gasteiger partial charge in [-0.15, -0.1) is 0 Å². The van der Waals surface area contributed by atoms with E-state index in [0.29, 0.717) is 6.61 Å². The van der Waals surface area contributed by atoms with Crippen LogP contribution >= 0.6 is 0 Å². The van der Waals surface area contributed by atoms with Gasteiger partial charge in [0.05, 0.1) is 18.1 Å². The van der Waals surface area contributed by atoms with E-state index in [2.05, 4.69) is 0 Å². The van der Waals surface area contributed by atoms with Gasteiger partial charge in [-0.2, -0.15) is 0 Å². The fraction of sp³-hybridized carbons (Fsp3) is 0.857. The highest BCUT2D eigenvalue weighted by molar-refractivity contribution is 5.75. The Labute approximate surface area is 59.0 Å². The van der Waals surface area contributed by atoms with E-state index in [9.17, 15) is 4.79 Å². The standard InChI is InChI=1S/C7H10O3/c8-6(9)7-2-1-5(3-7)10-4-7/h5H,1-4H2,(H,8,9). The number of hydrogen-bond donors (Lipinski definition) is 1. The van der Waals surface area contributed by atoms with E-state index in [-0.39, 0.29) is 6.10 Å². The molecule has 0 aromatic carbocycles. The number of carboxylic acid groups (broad SMARTS) is 1. The van der Waals surface area contributed by atoms with Gasteiger partial charge < -0.3 is 9.84 Å². The Kier molecular flexibility index (Phi) is 1.06. The highest BCUT2D eigenvalue weighted by Gasteiger charge is 2.51. The maximum atomic E-state index is 10.7. The summed E-state index contributed by atoms with van der Waals surface area (Å²) in [6, 6.07) is 0. The summed E-state index contributed by atoms with van der Waals surface area (Å²) in [4.78, 5) is 10.7. The molecule has 2 atom stereocenters. The molecule has 2 aliphatic rings. The third kappa shape index (κ3) is 0.611. The number of carbonyl (C=O) groups is 1. The van der Waals surface area contributed by atoms with Crippen LogP contribution < -0.4 is 0 Å². The zero-order valence-electron chi connectivity index (χ0n) is 5.67. The zero-order valence-corrected chi connectivity index (χ0v) is 5.67. The van der Waals surface area contributed by atoms with Crippen LogP contribution in [0.25, 0.3) is 0 Å². The van der Waals surface area contributed by atoms with Crippen molar-refractivity contribution in [2.75, 3.05) is 6.61 Å². The minimum atomic E-state index is -0.674. The Hall–Kier alpha value is -0.570. The van der Waals surface area contributed by atoms with Crippen molar-refractivity contribution in [1.29, 1.82) is 0 Å². The molecule has 1 aliphatic heterocycles. The summed E-state index contributed by atoms with van der Waals surface area (Å²) in [5.74, 6) is -0.674. The van der Waals surface area contributed by atoms with E-state index < -0.39 is 11.4 Å². The number of aliphatic carboxylic acids is 1. The Morgan fingerprint density at radius 2 is 2.50 bits per heavy atom. The minimum Gasteiger partial charge on any atom is -0.481 e. The molecule has 1 saturated carbocycles. The summed E-state index contributed by atoms with van der Waals surface area (Å²) in [5, 5.41) is 8.81. The molecule has 2 fully saturated rings. The molecule has 10 heavy (non-hydrogen) atoms. The van der Waals surface area contributed by atoms with Crippen LogP contribution in [0.5, 0.6) is 0 Å². The maximum absolute atomic E-state index is 10.7. The van der Waals surface area contributed by atoms with Gasteiger partial charge in [-0.3, -0.25) is 4.79 Å². The first-order valence-corrected chi connectivity index (χ1v) is 3.58. The second-order valence-electron chi connectivity index (χ2n) is 3.26. The molecule has 0 spiro atoms. The van der Waals surface area contributed by atoms with Gasteiger partial charge in [0.2, 0.25) is 0 Å². The molecule has 56 valence electrons. The van der Waals surface area contributed by atoms with Crippen LogP contribution in [0.2, 0.25) is 0 Å². The normalized spacial score (nSPS) is 44.2. The van der Waals surface area contributed by atoms with E-state index >= 15 is 0 Å². The van der Waals surface area contributed by atoms with E-state index in [0.717, 1.165) is 19.3 Å². The van der Waals surface area contributed by atoms with Gasteiger partial charge in [0.1, 0.15) is 0 Å². The molecule has 1 N–H and O–H groups in total. The van der Waals surface area contributed by atoms with Gasteiger partial charge in [0.25, 0.3) is 0 Å². The largest absolute Gasteiger partial charge is 0.481 e. The minimum absolute atomic E-state index is 0.246. The molecule has 1 aliphatic carbocycles. The van der Waals surface area contributed by atoms with Crippen LogP contribution in [-0.4, -0.2) is 23.8 Å². The van der Waals surface area contributed by atoms with Gasteiger partial charge in [-0.25, -0.2) is 0 Å². The molecule has 2 rings (SSSR count). The van der Waals surface area contributed by atoms with Crippen molar-refractivity contribution in [3.8, 4) is 0 Å². The number of hydrogen-bond acceptors (Lipinski definition) is 2. The first kappa shape index (κ1) is 6.16. The second-order valence-corrected chi connectivity index (χ2v) is 3.26. The molecule has 1 heterocycles. The van der Waals surface area contributed by atoms with Crippen molar-refractivity contribution in [3.63, 3.8) is 0 Å². The zero-order chi connectivity index (χ0) is 7.19. The molecule has 3 heteroatoms. The monoisotopic (exact) mass is 142 g/mol. The highest BCUT2D eigenvalue weighted by Crippen LogP contribution is 2.46. The van der Waals surface area contributed by atoms with Crippen molar-refractivity contribution < 1.29 is 14.6 Å². The third-order valence-corrected chi connectivity index (χ3v) is 2.61. The van der Waals surface area contributed by atoms with Gasteiger partial charge in [0, 0.05) is 0 Å². The Bertz CT molecular complexity index is 168. The highest BCUT2D eigenvalue weighted by atomic mass is 16.5. The van der Waals surface area contributed by atoms with Crippen molar-refractivity contribution in [3.05, 3.63) is 0 Å². The van der Waals surface area contributed by atoms with Crippen LogP contribution in [0.15, 0.2) is 0 Å². The molecule has 1 saturated heterocycles. The molecule has 2 unspecified atom stereocenters. The predicted octanol–water partition coefficient (Wildman–Crippen LogP) is 0.640. The maximum Gasteiger partial charge on any atom is 0.312 e. The van der Waals surface area contributed by atoms with Crippen LogP contribution in [0.1, 0.15) is 19.3 Å². The number of fused-ring (bicyclic) bond motifs is 2. The lowest BCUT2D eigenvalue weighted by atomic mass is 9.89. The average molecular weight is 142 g/mol. The van der Waals surface area contributed by atoms with Crippen molar-refractivity contribution in [1.82, 2.24) is 0 Å². The van der Waals surface area contributed by atoms with Crippen molar-refractivity contribution >= 4 is 5.97 Å². The van der Waals surface area contributed by atoms with Crippen LogP contribution in [0.3, 0.4) is 0 Å². The molecule has 0 amide bonds. The Morgan fingerprint density at radius 1 is 1.70 bits per heavy atom. The van der Waals surface area contributed by atoms with Crippen LogP contribution in [-0.2, 0) is 9.53 Å². The van der Waals surface area contributed by atoms with Crippen LogP contribution in [0, 0.1) is 5.41 Å². The molecule has 3 nitrogen and oxygen atoms in total. The predicted molar refractivity (Wildman–Crippen MR) is 33.7 cm³/mol. The lowest BCUT2D eigenvalue weighted by Crippen LogP contribution is -2.29. The first-order chi connectivity index (χ1) is 4.73. The Morgan fingerprint density at radius 3 is 2.70 bits per heavy atom. The van der Waals surface area contributed by atoms with E-state index in [4.69, 9.17) is 9.84 Å².